The van der Waals surface area contributed by atoms with Gasteiger partial charge in [0.15, 0.2) is 0 Å². The highest BCUT2D eigenvalue weighted by atomic mass is 32.2. The summed E-state index contributed by atoms with van der Waals surface area (Å²) in [5.41, 5.74) is 1.82. The van der Waals surface area contributed by atoms with Crippen LogP contribution in [-0.2, 0) is 10.0 Å². The van der Waals surface area contributed by atoms with Gasteiger partial charge in [-0.2, -0.15) is 0 Å². The lowest BCUT2D eigenvalue weighted by molar-refractivity contribution is 0.592. The smallest absolute Gasteiger partial charge is 0.264 e. The van der Waals surface area contributed by atoms with E-state index in [2.05, 4.69) is 13.8 Å². The van der Waals surface area contributed by atoms with Crippen molar-refractivity contribution in [2.24, 2.45) is 0 Å². The Morgan fingerprint density at radius 2 is 1.52 bits per heavy atom. The fourth-order valence-electron chi connectivity index (χ4n) is 2.24. The second kappa shape index (κ2) is 6.31. The highest BCUT2D eigenvalue weighted by molar-refractivity contribution is 7.92. The normalized spacial score (nSPS) is 11.6. The monoisotopic (exact) mass is 303 g/mol. The highest BCUT2D eigenvalue weighted by Gasteiger charge is 2.23. The van der Waals surface area contributed by atoms with Crippen molar-refractivity contribution in [3.63, 3.8) is 0 Å². The van der Waals surface area contributed by atoms with E-state index >= 15 is 0 Å². The van der Waals surface area contributed by atoms with Gasteiger partial charge in [0.05, 0.1) is 10.6 Å². The van der Waals surface area contributed by atoms with Crippen molar-refractivity contribution >= 4 is 15.7 Å². The van der Waals surface area contributed by atoms with Gasteiger partial charge in [0.1, 0.15) is 0 Å². The number of sulfonamides is 1. The predicted molar refractivity (Wildman–Crippen MR) is 87.2 cm³/mol. The molecule has 0 aliphatic carbocycles. The molecule has 0 amide bonds. The third-order valence-corrected chi connectivity index (χ3v) is 5.38. The molecule has 0 N–H and O–H groups in total. The van der Waals surface area contributed by atoms with Gasteiger partial charge in [-0.1, -0.05) is 44.2 Å². The Morgan fingerprint density at radius 1 is 0.952 bits per heavy atom. The van der Waals surface area contributed by atoms with Gasteiger partial charge in [-0.05, 0) is 42.7 Å². The molecule has 3 nitrogen and oxygen atoms in total. The van der Waals surface area contributed by atoms with Crippen LogP contribution in [0.4, 0.5) is 5.69 Å². The van der Waals surface area contributed by atoms with Crippen molar-refractivity contribution in [1.29, 1.82) is 0 Å². The van der Waals surface area contributed by atoms with Crippen LogP contribution in [0.1, 0.15) is 32.3 Å². The fourth-order valence-corrected chi connectivity index (χ4v) is 3.71. The van der Waals surface area contributed by atoms with Crippen molar-refractivity contribution < 1.29 is 8.42 Å². The van der Waals surface area contributed by atoms with Gasteiger partial charge in [-0.3, -0.25) is 4.31 Å². The van der Waals surface area contributed by atoms with Crippen LogP contribution in [0, 0.1) is 0 Å². The van der Waals surface area contributed by atoms with E-state index in [1.807, 2.05) is 49.4 Å². The van der Waals surface area contributed by atoms with Gasteiger partial charge < -0.3 is 0 Å². The molecule has 21 heavy (non-hydrogen) atoms. The second-order valence-electron chi connectivity index (χ2n) is 5.23. The zero-order valence-corrected chi connectivity index (χ0v) is 13.5. The van der Waals surface area contributed by atoms with Gasteiger partial charge >= 0.3 is 0 Å². The van der Waals surface area contributed by atoms with E-state index in [1.165, 1.54) is 4.31 Å². The van der Waals surface area contributed by atoms with E-state index < -0.39 is 10.0 Å². The average molecular weight is 303 g/mol. The largest absolute Gasteiger partial charge is 0.267 e. The van der Waals surface area contributed by atoms with E-state index in [4.69, 9.17) is 0 Å². The van der Waals surface area contributed by atoms with Gasteiger partial charge in [-0.25, -0.2) is 8.42 Å². The quantitative estimate of drug-likeness (QED) is 0.836. The van der Waals surface area contributed by atoms with Crippen molar-refractivity contribution in [1.82, 2.24) is 0 Å². The summed E-state index contributed by atoms with van der Waals surface area (Å²) in [4.78, 5) is 0.331. The number of rotatable bonds is 5. The average Bonchev–Trinajstić information content (AvgIpc) is 2.49. The standard InChI is InChI=1S/C17H21NO2S/c1-4-18(16-8-6-5-7-9-16)21(19,20)17-12-10-15(11-13-17)14(2)3/h5-14H,4H2,1-3H3. The Kier molecular flexibility index (Phi) is 4.68. The third-order valence-electron chi connectivity index (χ3n) is 3.47. The Bertz CT molecular complexity index is 676. The zero-order valence-electron chi connectivity index (χ0n) is 12.7. The lowest BCUT2D eigenvalue weighted by Crippen LogP contribution is -2.30. The third kappa shape index (κ3) is 3.27. The van der Waals surface area contributed by atoms with Crippen molar-refractivity contribution in [3.05, 3.63) is 60.2 Å². The summed E-state index contributed by atoms with van der Waals surface area (Å²) in [6, 6.07) is 16.3. The number of para-hydroxylation sites is 1. The van der Waals surface area contributed by atoms with E-state index in [1.54, 1.807) is 12.1 Å². The molecule has 112 valence electrons. The summed E-state index contributed by atoms with van der Waals surface area (Å²) >= 11 is 0. The van der Waals surface area contributed by atoms with E-state index in [0.717, 1.165) is 5.56 Å². The molecule has 0 saturated heterocycles. The molecule has 0 radical (unpaired) electrons. The second-order valence-corrected chi connectivity index (χ2v) is 7.09. The van der Waals surface area contributed by atoms with Crippen LogP contribution in [0.3, 0.4) is 0 Å². The molecule has 0 aromatic heterocycles. The maximum Gasteiger partial charge on any atom is 0.264 e. The van der Waals surface area contributed by atoms with E-state index in [0.29, 0.717) is 23.0 Å². The van der Waals surface area contributed by atoms with Crippen LogP contribution in [0.15, 0.2) is 59.5 Å². The van der Waals surface area contributed by atoms with Crippen LogP contribution in [0.5, 0.6) is 0 Å². The van der Waals surface area contributed by atoms with Gasteiger partial charge in [0.2, 0.25) is 0 Å². The van der Waals surface area contributed by atoms with Crippen molar-refractivity contribution in [2.45, 2.75) is 31.6 Å². The molecule has 0 unspecified atom stereocenters. The molecule has 2 aromatic carbocycles. The van der Waals surface area contributed by atoms with E-state index in [-0.39, 0.29) is 0 Å². The molecule has 2 rings (SSSR count). The molecule has 0 spiro atoms. The highest BCUT2D eigenvalue weighted by Crippen LogP contribution is 2.24. The molecule has 0 atom stereocenters. The summed E-state index contributed by atoms with van der Waals surface area (Å²) in [5, 5.41) is 0. The van der Waals surface area contributed by atoms with Crippen molar-refractivity contribution in [2.75, 3.05) is 10.8 Å². The SMILES string of the molecule is CCN(c1ccccc1)S(=O)(=O)c1ccc(C(C)C)cc1. The number of hydrogen-bond donors (Lipinski definition) is 0. The summed E-state index contributed by atoms with van der Waals surface area (Å²) < 4.78 is 27.0. The van der Waals surface area contributed by atoms with Crippen LogP contribution in [-0.4, -0.2) is 15.0 Å². The molecule has 0 fully saturated rings. The number of nitrogens with zero attached hydrogens (tertiary/aromatic N) is 1. The van der Waals surface area contributed by atoms with Gasteiger partial charge in [0, 0.05) is 6.54 Å². The Labute approximate surface area is 127 Å². The lowest BCUT2D eigenvalue weighted by atomic mass is 10.0. The Hall–Kier alpha value is -1.81. The summed E-state index contributed by atoms with van der Waals surface area (Å²) in [6.07, 6.45) is 0. The Balaban J connectivity index is 2.40. The van der Waals surface area contributed by atoms with Gasteiger partial charge in [-0.15, -0.1) is 0 Å². The maximum absolute atomic E-state index is 12.8. The van der Waals surface area contributed by atoms with E-state index in [9.17, 15) is 8.42 Å². The van der Waals surface area contributed by atoms with Crippen LogP contribution in [0.2, 0.25) is 0 Å². The minimum atomic E-state index is -3.51. The van der Waals surface area contributed by atoms with Crippen LogP contribution < -0.4 is 4.31 Å². The Morgan fingerprint density at radius 3 is 2.00 bits per heavy atom. The lowest BCUT2D eigenvalue weighted by Gasteiger charge is -2.23. The first-order valence-corrected chi connectivity index (χ1v) is 8.58. The van der Waals surface area contributed by atoms with Crippen LogP contribution in [0.25, 0.3) is 0 Å². The topological polar surface area (TPSA) is 37.4 Å². The van der Waals surface area contributed by atoms with Crippen molar-refractivity contribution in [3.8, 4) is 0 Å². The zero-order chi connectivity index (χ0) is 15.5. The van der Waals surface area contributed by atoms with Gasteiger partial charge in [0.25, 0.3) is 10.0 Å². The molecule has 0 heterocycles. The maximum atomic E-state index is 12.8. The summed E-state index contributed by atoms with van der Waals surface area (Å²) in [7, 11) is -3.51. The molecule has 0 aliphatic rings. The summed E-state index contributed by atoms with van der Waals surface area (Å²) in [5.74, 6) is 0.387. The number of hydrogen-bond acceptors (Lipinski definition) is 2. The minimum Gasteiger partial charge on any atom is -0.267 e. The first-order valence-electron chi connectivity index (χ1n) is 7.14. The fraction of sp³-hybridized carbons (Fsp3) is 0.294. The molecular formula is C17H21NO2S. The number of anilines is 1. The van der Waals surface area contributed by atoms with Crippen LogP contribution >= 0.6 is 0 Å². The molecular weight excluding hydrogens is 282 g/mol. The molecule has 0 bridgehead atoms. The first-order chi connectivity index (χ1) is 9.96. The predicted octanol–water partition coefficient (Wildman–Crippen LogP) is 4.03. The molecule has 2 aromatic rings. The molecule has 0 saturated carbocycles. The number of benzene rings is 2. The molecule has 0 aliphatic heterocycles. The summed E-state index contributed by atoms with van der Waals surface area (Å²) in [6.45, 7) is 6.42. The minimum absolute atomic E-state index is 0.331. The molecule has 4 heteroatoms. The first kappa shape index (κ1) is 15.6.